The lowest BCUT2D eigenvalue weighted by atomic mass is 10.4. The van der Waals surface area contributed by atoms with E-state index in [1.165, 1.54) is 4.90 Å². The van der Waals surface area contributed by atoms with Crippen LogP contribution in [0.15, 0.2) is 0 Å². The fourth-order valence-electron chi connectivity index (χ4n) is 1.27. The predicted molar refractivity (Wildman–Crippen MR) is 48.8 cm³/mol. The van der Waals surface area contributed by atoms with Crippen LogP contribution in [0.3, 0.4) is 0 Å². The normalized spacial score (nSPS) is 23.5. The summed E-state index contributed by atoms with van der Waals surface area (Å²) < 4.78 is 33.4. The summed E-state index contributed by atoms with van der Waals surface area (Å²) in [4.78, 5) is 12.4. The molecule has 0 spiro atoms. The molecule has 1 aliphatic rings. The second kappa shape index (κ2) is 3.91. The molecule has 4 nitrogen and oxygen atoms in total. The smallest absolute Gasteiger partial charge is 0.307 e. The first-order valence-corrected chi connectivity index (χ1v) is 6.29. The van der Waals surface area contributed by atoms with Gasteiger partial charge >= 0.3 is 10.2 Å². The maximum atomic E-state index is 12.5. The molecule has 0 aliphatic carbocycles. The lowest BCUT2D eigenvalue weighted by molar-refractivity contribution is -0.127. The summed E-state index contributed by atoms with van der Waals surface area (Å²) in [6, 6.07) is 0. The van der Waals surface area contributed by atoms with Crippen molar-refractivity contribution in [3.05, 3.63) is 0 Å². The SMILES string of the molecule is O=C(CBr)N1CCC(S(=O)(=O)F)C1. The van der Waals surface area contributed by atoms with E-state index in [4.69, 9.17) is 0 Å². The molecule has 1 saturated heterocycles. The number of halogens is 2. The number of carbonyl (C=O) groups is 1. The van der Waals surface area contributed by atoms with Gasteiger partial charge < -0.3 is 4.90 Å². The zero-order chi connectivity index (χ0) is 10.1. The van der Waals surface area contributed by atoms with E-state index in [1.807, 2.05) is 0 Å². The molecule has 7 heteroatoms. The highest BCUT2D eigenvalue weighted by Crippen LogP contribution is 2.18. The minimum atomic E-state index is -4.49. The van der Waals surface area contributed by atoms with E-state index in [0.717, 1.165) is 0 Å². The fourth-order valence-corrected chi connectivity index (χ4v) is 2.37. The molecular weight excluding hydrogens is 265 g/mol. The van der Waals surface area contributed by atoms with E-state index >= 15 is 0 Å². The van der Waals surface area contributed by atoms with Crippen molar-refractivity contribution < 1.29 is 17.1 Å². The highest BCUT2D eigenvalue weighted by molar-refractivity contribution is 9.09. The molecule has 0 radical (unpaired) electrons. The number of alkyl halides is 1. The Morgan fingerprint density at radius 2 is 2.23 bits per heavy atom. The highest BCUT2D eigenvalue weighted by Gasteiger charge is 2.34. The van der Waals surface area contributed by atoms with Crippen molar-refractivity contribution >= 4 is 32.1 Å². The number of hydrogen-bond acceptors (Lipinski definition) is 3. The monoisotopic (exact) mass is 273 g/mol. The van der Waals surface area contributed by atoms with Crippen molar-refractivity contribution in [2.75, 3.05) is 18.4 Å². The van der Waals surface area contributed by atoms with Gasteiger partial charge in [0.1, 0.15) is 5.25 Å². The molecule has 1 aliphatic heterocycles. The van der Waals surface area contributed by atoms with Gasteiger partial charge in [-0.05, 0) is 6.42 Å². The molecule has 1 heterocycles. The Kier molecular flexibility index (Phi) is 3.28. The predicted octanol–water partition coefficient (Wildman–Crippen LogP) is 0.282. The van der Waals surface area contributed by atoms with Crippen LogP contribution in [0.5, 0.6) is 0 Å². The molecule has 0 bridgehead atoms. The summed E-state index contributed by atoms with van der Waals surface area (Å²) in [5.74, 6) is -0.203. The number of likely N-dealkylation sites (tertiary alicyclic amines) is 1. The fraction of sp³-hybridized carbons (Fsp3) is 0.833. The molecule has 1 atom stereocenters. The Hall–Kier alpha value is -0.170. The van der Waals surface area contributed by atoms with Crippen molar-refractivity contribution in [3.8, 4) is 0 Å². The second-order valence-corrected chi connectivity index (χ2v) is 5.04. The molecule has 1 fully saturated rings. The van der Waals surface area contributed by atoms with Crippen molar-refractivity contribution in [2.24, 2.45) is 0 Å². The minimum Gasteiger partial charge on any atom is -0.341 e. The molecule has 0 N–H and O–H groups in total. The van der Waals surface area contributed by atoms with Crippen molar-refractivity contribution in [2.45, 2.75) is 11.7 Å². The zero-order valence-corrected chi connectivity index (χ0v) is 9.14. The molecule has 1 rings (SSSR count). The average molecular weight is 274 g/mol. The maximum absolute atomic E-state index is 12.5. The molecule has 13 heavy (non-hydrogen) atoms. The van der Waals surface area contributed by atoms with E-state index < -0.39 is 15.5 Å². The molecular formula is C6H9BrFNO3S. The van der Waals surface area contributed by atoms with Gasteiger partial charge in [0.05, 0.1) is 5.33 Å². The van der Waals surface area contributed by atoms with Crippen LogP contribution >= 0.6 is 15.9 Å². The van der Waals surface area contributed by atoms with E-state index in [2.05, 4.69) is 15.9 Å². The van der Waals surface area contributed by atoms with Crippen molar-refractivity contribution in [1.29, 1.82) is 0 Å². The average Bonchev–Trinajstić information content (AvgIpc) is 2.50. The number of hydrogen-bond donors (Lipinski definition) is 0. The Morgan fingerprint density at radius 3 is 2.62 bits per heavy atom. The molecule has 0 aromatic carbocycles. The van der Waals surface area contributed by atoms with Gasteiger partial charge in [-0.15, -0.1) is 3.89 Å². The van der Waals surface area contributed by atoms with Crippen molar-refractivity contribution in [3.63, 3.8) is 0 Å². The van der Waals surface area contributed by atoms with Gasteiger partial charge in [0.2, 0.25) is 5.91 Å². The number of nitrogens with zero attached hydrogens (tertiary/aromatic N) is 1. The quantitative estimate of drug-likeness (QED) is 0.537. The minimum absolute atomic E-state index is 0.0245. The summed E-state index contributed by atoms with van der Waals surface area (Å²) in [6.07, 6.45) is 0.192. The maximum Gasteiger partial charge on any atom is 0.307 e. The van der Waals surface area contributed by atoms with Crippen LogP contribution in [0.25, 0.3) is 0 Å². The molecule has 0 aromatic heterocycles. The van der Waals surface area contributed by atoms with Crippen LogP contribution < -0.4 is 0 Å². The summed E-state index contributed by atoms with van der Waals surface area (Å²) in [5.41, 5.74) is 0. The van der Waals surface area contributed by atoms with E-state index in [-0.39, 0.29) is 24.2 Å². The van der Waals surface area contributed by atoms with Gasteiger partial charge in [-0.1, -0.05) is 15.9 Å². The van der Waals surface area contributed by atoms with Crippen LogP contribution in [0, 0.1) is 0 Å². The standard InChI is InChI=1S/C6H9BrFNO3S/c7-3-6(10)9-2-1-5(4-9)13(8,11)12/h5H,1-4H2. The van der Waals surface area contributed by atoms with E-state index in [0.29, 0.717) is 6.54 Å². The number of carbonyl (C=O) groups excluding carboxylic acids is 1. The van der Waals surface area contributed by atoms with Gasteiger partial charge in [0.25, 0.3) is 0 Å². The first-order valence-electron chi connectivity index (χ1n) is 3.72. The number of amides is 1. The summed E-state index contributed by atoms with van der Waals surface area (Å²) in [5, 5.41) is -0.887. The van der Waals surface area contributed by atoms with Crippen molar-refractivity contribution in [1.82, 2.24) is 4.90 Å². The van der Waals surface area contributed by atoms with Gasteiger partial charge in [0.15, 0.2) is 0 Å². The summed E-state index contributed by atoms with van der Waals surface area (Å²) >= 11 is 2.96. The Labute approximate surface area is 84.4 Å². The molecule has 1 unspecified atom stereocenters. The topological polar surface area (TPSA) is 54.5 Å². The largest absolute Gasteiger partial charge is 0.341 e. The van der Waals surface area contributed by atoms with Gasteiger partial charge in [-0.25, -0.2) is 0 Å². The van der Waals surface area contributed by atoms with Gasteiger partial charge in [-0.3, -0.25) is 4.79 Å². The van der Waals surface area contributed by atoms with Crippen LogP contribution in [-0.4, -0.2) is 42.9 Å². The van der Waals surface area contributed by atoms with Gasteiger partial charge in [-0.2, -0.15) is 8.42 Å². The first kappa shape index (κ1) is 10.9. The molecule has 76 valence electrons. The Bertz CT molecular complexity index is 305. The zero-order valence-electron chi connectivity index (χ0n) is 6.74. The highest BCUT2D eigenvalue weighted by atomic mass is 79.9. The van der Waals surface area contributed by atoms with Gasteiger partial charge in [0, 0.05) is 13.1 Å². The Morgan fingerprint density at radius 1 is 1.62 bits per heavy atom. The first-order chi connectivity index (χ1) is 5.95. The molecule has 1 amide bonds. The lowest BCUT2D eigenvalue weighted by Gasteiger charge is -2.13. The third-order valence-electron chi connectivity index (χ3n) is 2.01. The van der Waals surface area contributed by atoms with Crippen LogP contribution in [0.2, 0.25) is 0 Å². The van der Waals surface area contributed by atoms with Crippen LogP contribution in [-0.2, 0) is 15.0 Å². The lowest BCUT2D eigenvalue weighted by Crippen LogP contribution is -2.31. The third-order valence-corrected chi connectivity index (χ3v) is 3.67. The van der Waals surface area contributed by atoms with E-state index in [9.17, 15) is 17.1 Å². The molecule has 0 aromatic rings. The summed E-state index contributed by atoms with van der Waals surface area (Å²) in [7, 11) is -4.49. The number of rotatable bonds is 2. The molecule has 0 saturated carbocycles. The second-order valence-electron chi connectivity index (χ2n) is 2.86. The summed E-state index contributed by atoms with van der Waals surface area (Å²) in [6.45, 7) is 0.293. The van der Waals surface area contributed by atoms with Crippen LogP contribution in [0.1, 0.15) is 6.42 Å². The Balaban J connectivity index is 2.60. The third kappa shape index (κ3) is 2.63. The van der Waals surface area contributed by atoms with E-state index in [1.54, 1.807) is 0 Å². The van der Waals surface area contributed by atoms with Crippen LogP contribution in [0.4, 0.5) is 3.89 Å².